The topological polar surface area (TPSA) is 55.1 Å². The number of amides is 1. The van der Waals surface area contributed by atoms with Gasteiger partial charge < -0.3 is 11.1 Å². The fraction of sp³-hybridized carbons (Fsp3) is 0.500. The van der Waals surface area contributed by atoms with Gasteiger partial charge in [-0.2, -0.15) is 0 Å². The molecule has 0 unspecified atom stereocenters. The van der Waals surface area contributed by atoms with Crippen LogP contribution in [-0.2, 0) is 0 Å². The van der Waals surface area contributed by atoms with Gasteiger partial charge in [-0.15, -0.1) is 0 Å². The molecule has 2 rings (SSSR count). The summed E-state index contributed by atoms with van der Waals surface area (Å²) in [6.07, 6.45) is 4.32. The number of nitrogens with two attached hydrogens (primary N) is 1. The monoisotopic (exact) mass is 310 g/mol. The second kappa shape index (κ2) is 5.85. The average Bonchev–Trinajstić information content (AvgIpc) is 2.35. The summed E-state index contributed by atoms with van der Waals surface area (Å²) in [7, 11) is 0. The highest BCUT2D eigenvalue weighted by atomic mass is 79.9. The molecule has 0 spiro atoms. The summed E-state index contributed by atoms with van der Waals surface area (Å²) in [5.41, 5.74) is 7.80. The van der Waals surface area contributed by atoms with Crippen molar-refractivity contribution >= 4 is 21.8 Å². The molecule has 0 bridgehead atoms. The molecule has 0 aromatic heterocycles. The zero-order valence-electron chi connectivity index (χ0n) is 10.6. The zero-order valence-corrected chi connectivity index (χ0v) is 12.2. The molecule has 3 N–H and O–H groups in total. The minimum Gasteiger partial charge on any atom is -0.348 e. The zero-order chi connectivity index (χ0) is 13.1. The van der Waals surface area contributed by atoms with Crippen LogP contribution in [0.5, 0.6) is 0 Å². The van der Waals surface area contributed by atoms with Gasteiger partial charge in [0.2, 0.25) is 0 Å². The Labute approximate surface area is 116 Å². The van der Waals surface area contributed by atoms with E-state index in [1.807, 2.05) is 25.1 Å². The van der Waals surface area contributed by atoms with Gasteiger partial charge >= 0.3 is 0 Å². The van der Waals surface area contributed by atoms with Crippen LogP contribution >= 0.6 is 15.9 Å². The second-order valence-corrected chi connectivity index (χ2v) is 5.85. The van der Waals surface area contributed by atoms with E-state index in [0.29, 0.717) is 5.56 Å². The van der Waals surface area contributed by atoms with E-state index in [4.69, 9.17) is 5.73 Å². The van der Waals surface area contributed by atoms with Crippen LogP contribution in [0.25, 0.3) is 0 Å². The van der Waals surface area contributed by atoms with Gasteiger partial charge in [-0.25, -0.2) is 0 Å². The molecule has 0 radical (unpaired) electrons. The fourth-order valence-corrected chi connectivity index (χ4v) is 2.62. The van der Waals surface area contributed by atoms with E-state index in [-0.39, 0.29) is 18.0 Å². The summed E-state index contributed by atoms with van der Waals surface area (Å²) in [6.45, 7) is 1.98. The van der Waals surface area contributed by atoms with E-state index in [2.05, 4.69) is 21.2 Å². The number of benzene rings is 1. The first-order valence-corrected chi connectivity index (χ1v) is 7.20. The molecule has 1 aliphatic carbocycles. The van der Waals surface area contributed by atoms with Crippen molar-refractivity contribution in [3.05, 3.63) is 33.8 Å². The number of hydrogen-bond acceptors (Lipinski definition) is 2. The van der Waals surface area contributed by atoms with Crippen LogP contribution in [0.2, 0.25) is 0 Å². The summed E-state index contributed by atoms with van der Waals surface area (Å²) in [5, 5.41) is 3.05. The highest BCUT2D eigenvalue weighted by Gasteiger charge is 2.23. The van der Waals surface area contributed by atoms with Gasteiger partial charge in [-0.05, 0) is 43.5 Å². The number of rotatable bonds is 2. The molecule has 1 fully saturated rings. The van der Waals surface area contributed by atoms with E-state index < -0.39 is 0 Å². The van der Waals surface area contributed by atoms with E-state index in [1.165, 1.54) is 6.42 Å². The third-order valence-corrected chi connectivity index (χ3v) is 4.45. The van der Waals surface area contributed by atoms with Crippen molar-refractivity contribution in [2.45, 2.75) is 44.7 Å². The summed E-state index contributed by atoms with van der Waals surface area (Å²) in [5.74, 6) is -0.0204. The molecule has 0 aliphatic heterocycles. The fourth-order valence-electron chi connectivity index (χ4n) is 2.38. The molecule has 1 aliphatic rings. The summed E-state index contributed by atoms with van der Waals surface area (Å²) >= 11 is 3.43. The van der Waals surface area contributed by atoms with Crippen LogP contribution in [0.3, 0.4) is 0 Å². The maximum absolute atomic E-state index is 12.1. The van der Waals surface area contributed by atoms with Crippen LogP contribution < -0.4 is 11.1 Å². The van der Waals surface area contributed by atoms with Gasteiger partial charge in [0.05, 0.1) is 0 Å². The van der Waals surface area contributed by atoms with E-state index >= 15 is 0 Å². The first-order chi connectivity index (χ1) is 8.58. The van der Waals surface area contributed by atoms with Gasteiger partial charge in [-0.1, -0.05) is 28.8 Å². The Morgan fingerprint density at radius 1 is 1.39 bits per heavy atom. The number of hydrogen-bond donors (Lipinski definition) is 2. The van der Waals surface area contributed by atoms with Crippen molar-refractivity contribution < 1.29 is 4.79 Å². The van der Waals surface area contributed by atoms with Gasteiger partial charge in [0.15, 0.2) is 0 Å². The van der Waals surface area contributed by atoms with Gasteiger partial charge in [-0.3, -0.25) is 4.79 Å². The van der Waals surface area contributed by atoms with Crippen LogP contribution in [0.15, 0.2) is 22.7 Å². The van der Waals surface area contributed by atoms with Crippen LogP contribution in [0.1, 0.15) is 41.6 Å². The average molecular weight is 311 g/mol. The highest BCUT2D eigenvalue weighted by molar-refractivity contribution is 9.10. The summed E-state index contributed by atoms with van der Waals surface area (Å²) < 4.78 is 1.02. The number of carbonyl (C=O) groups is 1. The minimum absolute atomic E-state index is 0.0204. The summed E-state index contributed by atoms with van der Waals surface area (Å²) in [4.78, 5) is 12.1. The maximum Gasteiger partial charge on any atom is 0.251 e. The predicted molar refractivity (Wildman–Crippen MR) is 76.6 cm³/mol. The Bertz CT molecular complexity index is 447. The van der Waals surface area contributed by atoms with Gasteiger partial charge in [0.1, 0.15) is 0 Å². The molecule has 1 aromatic carbocycles. The molecule has 18 heavy (non-hydrogen) atoms. The Balaban J connectivity index is 2.04. The number of aryl methyl sites for hydroxylation is 1. The van der Waals surface area contributed by atoms with Crippen molar-refractivity contribution in [3.8, 4) is 0 Å². The molecular formula is C14H19BrN2O. The van der Waals surface area contributed by atoms with E-state index in [1.54, 1.807) is 0 Å². The van der Waals surface area contributed by atoms with Crippen LogP contribution in [0.4, 0.5) is 0 Å². The normalized spacial score (nSPS) is 23.7. The van der Waals surface area contributed by atoms with Gasteiger partial charge in [0.25, 0.3) is 5.91 Å². The van der Waals surface area contributed by atoms with Gasteiger partial charge in [0, 0.05) is 22.1 Å². The Morgan fingerprint density at radius 2 is 2.11 bits per heavy atom. The Hall–Kier alpha value is -0.870. The molecule has 98 valence electrons. The third-order valence-electron chi connectivity index (χ3n) is 3.56. The quantitative estimate of drug-likeness (QED) is 0.882. The second-order valence-electron chi connectivity index (χ2n) is 4.99. The lowest BCUT2D eigenvalue weighted by molar-refractivity contribution is 0.0921. The molecule has 1 amide bonds. The van der Waals surface area contributed by atoms with Crippen LogP contribution in [-0.4, -0.2) is 18.0 Å². The SMILES string of the molecule is Cc1cc(C(=O)N[C@@H]2CCCC[C@H]2N)ccc1Br. The molecule has 1 aromatic rings. The number of halogens is 1. The van der Waals surface area contributed by atoms with Crippen molar-refractivity contribution in [2.75, 3.05) is 0 Å². The lowest BCUT2D eigenvalue weighted by atomic mass is 9.91. The first-order valence-electron chi connectivity index (χ1n) is 6.40. The van der Waals surface area contributed by atoms with Crippen molar-refractivity contribution in [1.82, 2.24) is 5.32 Å². The molecule has 3 nitrogen and oxygen atoms in total. The Kier molecular flexibility index (Phi) is 4.40. The third kappa shape index (κ3) is 3.12. The van der Waals surface area contributed by atoms with Crippen molar-refractivity contribution in [1.29, 1.82) is 0 Å². The lowest BCUT2D eigenvalue weighted by Crippen LogP contribution is -2.49. The van der Waals surface area contributed by atoms with Crippen molar-refractivity contribution in [3.63, 3.8) is 0 Å². The minimum atomic E-state index is -0.0204. The molecule has 1 saturated carbocycles. The first kappa shape index (κ1) is 13.6. The molecule has 0 heterocycles. The van der Waals surface area contributed by atoms with E-state index in [9.17, 15) is 4.79 Å². The largest absolute Gasteiger partial charge is 0.348 e. The molecule has 2 atom stereocenters. The smallest absolute Gasteiger partial charge is 0.251 e. The number of nitrogens with one attached hydrogen (secondary N) is 1. The molecule has 0 saturated heterocycles. The van der Waals surface area contributed by atoms with Crippen LogP contribution in [0, 0.1) is 6.92 Å². The lowest BCUT2D eigenvalue weighted by Gasteiger charge is -2.29. The molecular weight excluding hydrogens is 292 g/mol. The summed E-state index contributed by atoms with van der Waals surface area (Å²) in [6, 6.07) is 5.86. The van der Waals surface area contributed by atoms with E-state index in [0.717, 1.165) is 29.3 Å². The Morgan fingerprint density at radius 3 is 2.78 bits per heavy atom. The highest BCUT2D eigenvalue weighted by Crippen LogP contribution is 2.19. The van der Waals surface area contributed by atoms with Crippen molar-refractivity contribution in [2.24, 2.45) is 5.73 Å². The number of carbonyl (C=O) groups excluding carboxylic acids is 1. The predicted octanol–water partition coefficient (Wildman–Crippen LogP) is 2.76. The standard InChI is InChI=1S/C14H19BrN2O/c1-9-8-10(6-7-11(9)15)14(18)17-13-5-3-2-4-12(13)16/h6-8,12-13H,2-5,16H2,1H3,(H,17,18)/t12-,13-/m1/s1. The maximum atomic E-state index is 12.1. The molecule has 4 heteroatoms.